The summed E-state index contributed by atoms with van der Waals surface area (Å²) in [5, 5.41) is 14.6. The second-order valence-corrected chi connectivity index (χ2v) is 9.99. The van der Waals surface area contributed by atoms with E-state index in [9.17, 15) is 8.78 Å². The first-order valence-corrected chi connectivity index (χ1v) is 11.4. The number of aromatic nitrogens is 2. The Morgan fingerprint density at radius 1 is 1.23 bits per heavy atom. The Morgan fingerprint density at radius 2 is 1.91 bits per heavy atom. The molecule has 10 nitrogen and oxygen atoms in total. The van der Waals surface area contributed by atoms with Crippen LogP contribution in [0.4, 0.5) is 26.2 Å². The molecular weight excluding hydrogens is 456 g/mol. The van der Waals surface area contributed by atoms with Crippen molar-refractivity contribution in [2.75, 3.05) is 30.9 Å². The number of piperidine rings is 1. The molecule has 0 aliphatic carbocycles. The number of hydrogen-bond acceptors (Lipinski definition) is 9. The molecule has 0 unspecified atom stereocenters. The Bertz CT molecular complexity index is 1050. The lowest BCUT2D eigenvalue weighted by Crippen LogP contribution is -2.60. The van der Waals surface area contributed by atoms with E-state index in [-0.39, 0.29) is 46.8 Å². The van der Waals surface area contributed by atoms with Gasteiger partial charge in [0, 0.05) is 29.9 Å². The van der Waals surface area contributed by atoms with Gasteiger partial charge in [-0.25, -0.2) is 19.6 Å². The maximum Gasteiger partial charge on any atom is 0.229 e. The molecule has 1 saturated heterocycles. The number of nitrogens with zero attached hydrogens (tertiary/aromatic N) is 4. The number of anilines is 3. The van der Waals surface area contributed by atoms with Crippen LogP contribution in [0.3, 0.4) is 0 Å². The summed E-state index contributed by atoms with van der Waals surface area (Å²) in [5.74, 6) is 10.6. The number of hydrazine groups is 1. The summed E-state index contributed by atoms with van der Waals surface area (Å²) < 4.78 is 34.1. The van der Waals surface area contributed by atoms with Crippen LogP contribution in [0.2, 0.25) is 0 Å². The summed E-state index contributed by atoms with van der Waals surface area (Å²) in [6.45, 7) is 9.04. The molecule has 2 aromatic rings. The smallest absolute Gasteiger partial charge is 0.229 e. The minimum Gasteiger partial charge on any atom is -0.383 e. The summed E-state index contributed by atoms with van der Waals surface area (Å²) in [6, 6.07) is 4.24. The van der Waals surface area contributed by atoms with Gasteiger partial charge in [0.1, 0.15) is 5.82 Å². The minimum atomic E-state index is -0.564. The van der Waals surface area contributed by atoms with Crippen LogP contribution in [0.25, 0.3) is 0 Å². The number of ether oxygens (including phenoxy) is 1. The molecule has 1 fully saturated rings. The molecule has 0 saturated carbocycles. The highest BCUT2D eigenvalue weighted by molar-refractivity contribution is 5.99. The fraction of sp³-hybridized carbons (Fsp3) is 0.522. The van der Waals surface area contributed by atoms with Crippen molar-refractivity contribution < 1.29 is 13.5 Å². The molecule has 0 radical (unpaired) electrons. The number of hydrogen-bond donors (Lipinski definition) is 5. The van der Waals surface area contributed by atoms with E-state index in [1.165, 1.54) is 30.3 Å². The lowest BCUT2D eigenvalue weighted by Gasteiger charge is -2.46. The zero-order valence-corrected chi connectivity index (χ0v) is 20.8. The Kier molecular flexibility index (Phi) is 8.08. The summed E-state index contributed by atoms with van der Waals surface area (Å²) in [6.07, 6.45) is 2.69. The summed E-state index contributed by atoms with van der Waals surface area (Å²) >= 11 is 0. The number of amidine groups is 1. The Labute approximate surface area is 204 Å². The van der Waals surface area contributed by atoms with Crippen molar-refractivity contribution in [3.05, 3.63) is 41.6 Å². The molecule has 12 heteroatoms. The van der Waals surface area contributed by atoms with Gasteiger partial charge in [0.15, 0.2) is 17.5 Å². The van der Waals surface area contributed by atoms with E-state index in [0.717, 1.165) is 19.0 Å². The van der Waals surface area contributed by atoms with Gasteiger partial charge in [-0.1, -0.05) is 0 Å². The summed E-state index contributed by atoms with van der Waals surface area (Å²) in [4.78, 5) is 8.35. The highest BCUT2D eigenvalue weighted by Gasteiger charge is 2.38. The predicted molar refractivity (Wildman–Crippen MR) is 133 cm³/mol. The van der Waals surface area contributed by atoms with E-state index in [4.69, 9.17) is 16.4 Å². The maximum absolute atomic E-state index is 14.6. The fourth-order valence-corrected chi connectivity index (χ4v) is 4.64. The summed E-state index contributed by atoms with van der Waals surface area (Å²) in [7, 11) is 1.52. The number of nitrogens with two attached hydrogens (primary N) is 2. The van der Waals surface area contributed by atoms with Gasteiger partial charge in [0.05, 0.1) is 24.9 Å². The molecule has 3 rings (SSSR count). The van der Waals surface area contributed by atoms with E-state index in [1.807, 2.05) is 0 Å². The van der Waals surface area contributed by atoms with Gasteiger partial charge in [0.25, 0.3) is 0 Å². The van der Waals surface area contributed by atoms with E-state index in [1.54, 1.807) is 0 Å². The lowest BCUT2D eigenvalue weighted by atomic mass is 9.79. The van der Waals surface area contributed by atoms with Gasteiger partial charge >= 0.3 is 0 Å². The van der Waals surface area contributed by atoms with Gasteiger partial charge in [-0.15, -0.1) is 0 Å². The molecule has 0 atom stereocenters. The number of rotatable bonds is 8. The maximum atomic E-state index is 14.6. The molecule has 0 amide bonds. The molecule has 1 aliphatic rings. The van der Waals surface area contributed by atoms with Crippen molar-refractivity contribution in [1.82, 2.24) is 20.3 Å². The molecule has 1 aliphatic heterocycles. The first-order chi connectivity index (χ1) is 16.4. The van der Waals surface area contributed by atoms with Crippen LogP contribution in [0.15, 0.2) is 29.5 Å². The number of halogens is 2. The van der Waals surface area contributed by atoms with Crippen molar-refractivity contribution >= 4 is 23.3 Å². The van der Waals surface area contributed by atoms with Crippen LogP contribution in [0.5, 0.6) is 0 Å². The third-order valence-electron chi connectivity index (χ3n) is 5.67. The van der Waals surface area contributed by atoms with Crippen LogP contribution in [0.1, 0.15) is 46.1 Å². The average Bonchev–Trinajstić information content (AvgIpc) is 2.75. The van der Waals surface area contributed by atoms with Gasteiger partial charge in [-0.2, -0.15) is 10.1 Å². The zero-order valence-electron chi connectivity index (χ0n) is 20.8. The quantitative estimate of drug-likeness (QED) is 0.163. The molecule has 35 heavy (non-hydrogen) atoms. The van der Waals surface area contributed by atoms with Crippen LogP contribution in [0, 0.1) is 11.6 Å². The standard InChI is InChI=1S/C23H35F2N9O/c1-22(2)11-15(12-23(3,4)33-22)29-19-18(25)13-28-21(31-19)30-14-6-7-17(24)16(10-14)20(32-26)34(27)8-9-35-5/h6-7,10,13,15,33H,8-9,11-12,26-27H2,1-5H3,(H2,28,29,30,31)/b32-20-. The highest BCUT2D eigenvalue weighted by Crippen LogP contribution is 2.31. The number of methoxy groups -OCH3 is 1. The van der Waals surface area contributed by atoms with Gasteiger partial charge in [-0.05, 0) is 58.7 Å². The fourth-order valence-electron chi connectivity index (χ4n) is 4.64. The van der Waals surface area contributed by atoms with Crippen LogP contribution in [-0.4, -0.2) is 58.2 Å². The van der Waals surface area contributed by atoms with Crippen molar-refractivity contribution in [1.29, 1.82) is 0 Å². The van der Waals surface area contributed by atoms with E-state index in [2.05, 4.69) is 58.7 Å². The number of nitrogens with one attached hydrogen (secondary N) is 3. The zero-order chi connectivity index (χ0) is 25.8. The molecule has 7 N–H and O–H groups in total. The molecule has 1 aromatic carbocycles. The van der Waals surface area contributed by atoms with Crippen molar-refractivity contribution in [3.63, 3.8) is 0 Å². The highest BCUT2D eigenvalue weighted by atomic mass is 19.1. The Morgan fingerprint density at radius 3 is 2.54 bits per heavy atom. The van der Waals surface area contributed by atoms with E-state index >= 15 is 0 Å². The largest absolute Gasteiger partial charge is 0.383 e. The second-order valence-electron chi connectivity index (χ2n) is 9.99. The minimum absolute atomic E-state index is 0.0156. The van der Waals surface area contributed by atoms with Gasteiger partial charge in [-0.3, -0.25) is 5.01 Å². The van der Waals surface area contributed by atoms with Crippen LogP contribution >= 0.6 is 0 Å². The lowest BCUT2D eigenvalue weighted by molar-refractivity contribution is 0.170. The van der Waals surface area contributed by atoms with Gasteiger partial charge in [0.2, 0.25) is 5.95 Å². The SMILES string of the molecule is COCCN(N)/C(=N\N)c1cc(Nc2ncc(F)c(NC3CC(C)(C)NC(C)(C)C3)n2)ccc1F. The topological polar surface area (TPSA) is 139 Å². The first kappa shape index (κ1) is 26.5. The third-order valence-corrected chi connectivity index (χ3v) is 5.67. The van der Waals surface area contributed by atoms with Crippen molar-refractivity contribution in [2.24, 2.45) is 16.8 Å². The normalized spacial score (nSPS) is 17.8. The first-order valence-electron chi connectivity index (χ1n) is 11.4. The summed E-state index contributed by atoms with van der Waals surface area (Å²) in [5.41, 5.74) is 0.300. The number of benzene rings is 1. The van der Waals surface area contributed by atoms with Crippen molar-refractivity contribution in [2.45, 2.75) is 57.7 Å². The second kappa shape index (κ2) is 10.7. The van der Waals surface area contributed by atoms with Crippen molar-refractivity contribution in [3.8, 4) is 0 Å². The monoisotopic (exact) mass is 491 g/mol. The average molecular weight is 492 g/mol. The molecule has 0 bridgehead atoms. The Hall–Kier alpha value is -3.09. The Balaban J connectivity index is 1.80. The van der Waals surface area contributed by atoms with E-state index in [0.29, 0.717) is 12.3 Å². The predicted octanol–water partition coefficient (Wildman–Crippen LogP) is 2.66. The molecular formula is C23H35F2N9O. The van der Waals surface area contributed by atoms with Crippen LogP contribution < -0.4 is 27.6 Å². The van der Waals surface area contributed by atoms with Gasteiger partial charge < -0.3 is 26.5 Å². The third kappa shape index (κ3) is 6.96. The molecule has 192 valence electrons. The molecule has 2 heterocycles. The molecule has 1 aromatic heterocycles. The molecule has 0 spiro atoms. The number of hydrazone groups is 1. The van der Waals surface area contributed by atoms with E-state index < -0.39 is 11.6 Å². The van der Waals surface area contributed by atoms with Crippen LogP contribution in [-0.2, 0) is 4.74 Å².